The van der Waals surface area contributed by atoms with Crippen molar-refractivity contribution < 1.29 is 14.3 Å². The summed E-state index contributed by atoms with van der Waals surface area (Å²) in [6.07, 6.45) is 0.364. The van der Waals surface area contributed by atoms with Gasteiger partial charge in [-0.1, -0.05) is 19.1 Å². The summed E-state index contributed by atoms with van der Waals surface area (Å²) < 4.78 is 5.38. The highest BCUT2D eigenvalue weighted by atomic mass is 16.5. The zero-order valence-electron chi connectivity index (χ0n) is 10.7. The van der Waals surface area contributed by atoms with Gasteiger partial charge in [0.1, 0.15) is 5.75 Å². The minimum absolute atomic E-state index is 0.0346. The van der Waals surface area contributed by atoms with E-state index >= 15 is 0 Å². The van der Waals surface area contributed by atoms with Gasteiger partial charge in [-0.15, -0.1) is 0 Å². The van der Waals surface area contributed by atoms with Crippen LogP contribution in [0.1, 0.15) is 20.3 Å². The Morgan fingerprint density at radius 1 is 1.17 bits per heavy atom. The van der Waals surface area contributed by atoms with E-state index in [0.29, 0.717) is 24.5 Å². The van der Waals surface area contributed by atoms with Crippen molar-refractivity contribution in [3.05, 3.63) is 24.3 Å². The number of carbonyl (C=O) groups excluding carboxylic acids is 2. The molecule has 1 aromatic rings. The molecule has 0 atom stereocenters. The topological polar surface area (TPSA) is 67.4 Å². The third-order valence-electron chi connectivity index (χ3n) is 2.23. The molecule has 5 heteroatoms. The molecule has 0 bridgehead atoms. The van der Waals surface area contributed by atoms with Gasteiger partial charge < -0.3 is 15.4 Å². The maximum absolute atomic E-state index is 11.6. The third kappa shape index (κ3) is 4.45. The molecule has 0 spiro atoms. The van der Waals surface area contributed by atoms with Gasteiger partial charge in [0.2, 0.25) is 11.8 Å². The second-order valence-corrected chi connectivity index (χ2v) is 3.61. The number of ether oxygens (including phenoxy) is 1. The molecule has 0 aliphatic rings. The molecule has 0 fully saturated rings. The van der Waals surface area contributed by atoms with Gasteiger partial charge >= 0.3 is 0 Å². The molecule has 5 nitrogen and oxygen atoms in total. The number of para-hydroxylation sites is 2. The molecule has 0 unspecified atom stereocenters. The minimum Gasteiger partial charge on any atom is -0.492 e. The largest absolute Gasteiger partial charge is 0.492 e. The van der Waals surface area contributed by atoms with Crippen molar-refractivity contribution in [2.24, 2.45) is 0 Å². The van der Waals surface area contributed by atoms with E-state index in [0.717, 1.165) is 0 Å². The van der Waals surface area contributed by atoms with Gasteiger partial charge in [-0.2, -0.15) is 0 Å². The third-order valence-corrected chi connectivity index (χ3v) is 2.23. The molecule has 2 N–H and O–H groups in total. The van der Waals surface area contributed by atoms with E-state index in [9.17, 15) is 9.59 Å². The van der Waals surface area contributed by atoms with Crippen molar-refractivity contribution in [1.29, 1.82) is 0 Å². The summed E-state index contributed by atoms with van der Waals surface area (Å²) in [4.78, 5) is 22.6. The Balaban J connectivity index is 2.56. The van der Waals surface area contributed by atoms with E-state index < -0.39 is 0 Å². The Kier molecular flexibility index (Phi) is 5.70. The van der Waals surface area contributed by atoms with Crippen LogP contribution in [0.5, 0.6) is 5.75 Å². The molecule has 98 valence electrons. The minimum atomic E-state index is -0.274. The van der Waals surface area contributed by atoms with Crippen LogP contribution >= 0.6 is 0 Å². The predicted octanol–water partition coefficient (Wildman–Crippen LogP) is 1.55. The van der Waals surface area contributed by atoms with Crippen molar-refractivity contribution in [2.45, 2.75) is 20.3 Å². The number of hydrogen-bond donors (Lipinski definition) is 2. The van der Waals surface area contributed by atoms with Crippen molar-refractivity contribution in [1.82, 2.24) is 5.32 Å². The molecule has 0 aromatic heterocycles. The molecule has 0 aliphatic carbocycles. The molecule has 0 heterocycles. The first kappa shape index (κ1) is 14.0. The maximum Gasteiger partial charge on any atom is 0.243 e. The molecular formula is C13H18N2O3. The van der Waals surface area contributed by atoms with Gasteiger partial charge in [-0.3, -0.25) is 9.59 Å². The van der Waals surface area contributed by atoms with E-state index in [1.807, 2.05) is 19.1 Å². The van der Waals surface area contributed by atoms with Gasteiger partial charge in [-0.05, 0) is 19.1 Å². The van der Waals surface area contributed by atoms with E-state index in [1.54, 1.807) is 19.1 Å². The summed E-state index contributed by atoms with van der Waals surface area (Å²) in [6.45, 7) is 4.10. The summed E-state index contributed by atoms with van der Waals surface area (Å²) in [7, 11) is 0. The van der Waals surface area contributed by atoms with Crippen molar-refractivity contribution in [2.75, 3.05) is 18.5 Å². The number of nitrogens with one attached hydrogen (secondary N) is 2. The monoisotopic (exact) mass is 250 g/mol. The van der Waals surface area contributed by atoms with E-state index in [4.69, 9.17) is 4.74 Å². The molecule has 0 aliphatic heterocycles. The number of amides is 2. The fourth-order valence-electron chi connectivity index (χ4n) is 1.35. The maximum atomic E-state index is 11.6. The molecule has 0 saturated carbocycles. The van der Waals surface area contributed by atoms with Gasteiger partial charge in [0.25, 0.3) is 0 Å². The Morgan fingerprint density at radius 3 is 2.56 bits per heavy atom. The van der Waals surface area contributed by atoms with Crippen LogP contribution in [-0.2, 0) is 9.59 Å². The van der Waals surface area contributed by atoms with Crippen LogP contribution in [0.15, 0.2) is 24.3 Å². The number of carbonyl (C=O) groups is 2. The summed E-state index contributed by atoms with van der Waals surface area (Å²) in [5, 5.41) is 5.21. The Morgan fingerprint density at radius 2 is 1.89 bits per heavy atom. The first-order valence-electron chi connectivity index (χ1n) is 5.95. The van der Waals surface area contributed by atoms with Gasteiger partial charge in [0, 0.05) is 6.42 Å². The van der Waals surface area contributed by atoms with E-state index in [-0.39, 0.29) is 18.4 Å². The SMILES string of the molecule is CCOc1ccccc1NC(=O)CNC(=O)CC. The van der Waals surface area contributed by atoms with Crippen molar-refractivity contribution in [3.63, 3.8) is 0 Å². The lowest BCUT2D eigenvalue weighted by Crippen LogP contribution is -2.32. The average molecular weight is 250 g/mol. The standard InChI is InChI=1S/C13H18N2O3/c1-3-12(16)14-9-13(17)15-10-7-5-6-8-11(10)18-4-2/h5-8H,3-4,9H2,1-2H3,(H,14,16)(H,15,17). The molecule has 1 rings (SSSR count). The number of anilines is 1. The normalized spacial score (nSPS) is 9.67. The van der Waals surface area contributed by atoms with Crippen LogP contribution in [0.3, 0.4) is 0 Å². The van der Waals surface area contributed by atoms with Crippen LogP contribution in [0, 0.1) is 0 Å². The number of benzene rings is 1. The highest BCUT2D eigenvalue weighted by molar-refractivity contribution is 5.95. The summed E-state index contributed by atoms with van der Waals surface area (Å²) >= 11 is 0. The first-order valence-corrected chi connectivity index (χ1v) is 5.95. The van der Waals surface area contributed by atoms with Crippen LogP contribution in [0.2, 0.25) is 0 Å². The highest BCUT2D eigenvalue weighted by Crippen LogP contribution is 2.23. The molecule has 2 amide bonds. The van der Waals surface area contributed by atoms with Crippen LogP contribution in [-0.4, -0.2) is 25.0 Å². The molecule has 1 aromatic carbocycles. The smallest absolute Gasteiger partial charge is 0.243 e. The van der Waals surface area contributed by atoms with Crippen LogP contribution in [0.4, 0.5) is 5.69 Å². The lowest BCUT2D eigenvalue weighted by atomic mass is 10.3. The summed E-state index contributed by atoms with van der Waals surface area (Å²) in [5.41, 5.74) is 0.607. The van der Waals surface area contributed by atoms with Gasteiger partial charge in [0.15, 0.2) is 0 Å². The van der Waals surface area contributed by atoms with Crippen LogP contribution < -0.4 is 15.4 Å². The second kappa shape index (κ2) is 7.32. The number of hydrogen-bond acceptors (Lipinski definition) is 3. The fourth-order valence-corrected chi connectivity index (χ4v) is 1.35. The molecule has 0 radical (unpaired) electrons. The Labute approximate surface area is 107 Å². The predicted molar refractivity (Wildman–Crippen MR) is 69.5 cm³/mol. The van der Waals surface area contributed by atoms with E-state index in [1.165, 1.54) is 0 Å². The van der Waals surface area contributed by atoms with Crippen molar-refractivity contribution in [3.8, 4) is 5.75 Å². The lowest BCUT2D eigenvalue weighted by molar-refractivity contribution is -0.123. The first-order chi connectivity index (χ1) is 8.67. The Hall–Kier alpha value is -2.04. The van der Waals surface area contributed by atoms with Gasteiger partial charge in [-0.25, -0.2) is 0 Å². The van der Waals surface area contributed by atoms with Crippen LogP contribution in [0.25, 0.3) is 0 Å². The highest BCUT2D eigenvalue weighted by Gasteiger charge is 2.07. The second-order valence-electron chi connectivity index (χ2n) is 3.61. The van der Waals surface area contributed by atoms with Gasteiger partial charge in [0.05, 0.1) is 18.8 Å². The lowest BCUT2D eigenvalue weighted by Gasteiger charge is -2.11. The zero-order valence-corrected chi connectivity index (χ0v) is 10.7. The molecule has 0 saturated heterocycles. The summed E-state index contributed by atoms with van der Waals surface area (Å²) in [6, 6.07) is 7.18. The number of rotatable bonds is 6. The zero-order chi connectivity index (χ0) is 13.4. The Bertz CT molecular complexity index is 418. The quantitative estimate of drug-likeness (QED) is 0.805. The van der Waals surface area contributed by atoms with Crippen molar-refractivity contribution >= 4 is 17.5 Å². The molecule has 18 heavy (non-hydrogen) atoms. The summed E-state index contributed by atoms with van der Waals surface area (Å²) in [5.74, 6) is 0.197. The fraction of sp³-hybridized carbons (Fsp3) is 0.385. The molecular weight excluding hydrogens is 232 g/mol. The average Bonchev–Trinajstić information content (AvgIpc) is 2.38. The van der Waals surface area contributed by atoms with E-state index in [2.05, 4.69) is 10.6 Å².